The molecule has 1 aromatic heterocycles. The van der Waals surface area contributed by atoms with E-state index in [0.717, 1.165) is 36.5 Å². The largest absolute Gasteiger partial charge is 0.459 e. The van der Waals surface area contributed by atoms with Crippen LogP contribution < -0.4 is 5.32 Å². The fourth-order valence-electron chi connectivity index (χ4n) is 2.07. The van der Waals surface area contributed by atoms with Gasteiger partial charge >= 0.3 is 0 Å². The van der Waals surface area contributed by atoms with Gasteiger partial charge in [0.25, 0.3) is 0 Å². The van der Waals surface area contributed by atoms with Gasteiger partial charge in [0.1, 0.15) is 17.3 Å². The topological polar surface area (TPSA) is 25.2 Å². The van der Waals surface area contributed by atoms with E-state index in [1.54, 1.807) is 12.1 Å². The van der Waals surface area contributed by atoms with Crippen LogP contribution in [-0.4, -0.2) is 6.54 Å². The predicted molar refractivity (Wildman–Crippen MR) is 75.4 cm³/mol. The van der Waals surface area contributed by atoms with Crippen molar-refractivity contribution in [3.05, 3.63) is 48.0 Å². The Hall–Kier alpha value is -1.61. The third kappa shape index (κ3) is 3.44. The minimum Gasteiger partial charge on any atom is -0.459 e. The van der Waals surface area contributed by atoms with Gasteiger partial charge in [-0.25, -0.2) is 4.39 Å². The van der Waals surface area contributed by atoms with Crippen LogP contribution in [0.25, 0.3) is 11.3 Å². The minimum atomic E-state index is -0.230. The Balaban J connectivity index is 2.15. The number of benzene rings is 1. The van der Waals surface area contributed by atoms with Crippen molar-refractivity contribution in [2.45, 2.75) is 32.7 Å². The highest BCUT2D eigenvalue weighted by molar-refractivity contribution is 5.57. The van der Waals surface area contributed by atoms with Crippen LogP contribution in [0.1, 0.15) is 38.5 Å². The summed E-state index contributed by atoms with van der Waals surface area (Å²) in [7, 11) is 0. The summed E-state index contributed by atoms with van der Waals surface area (Å²) in [5.41, 5.74) is 0.901. The summed E-state index contributed by atoms with van der Waals surface area (Å²) in [6.45, 7) is 5.25. The molecule has 0 aliphatic carbocycles. The van der Waals surface area contributed by atoms with Crippen molar-refractivity contribution in [1.29, 1.82) is 0 Å². The predicted octanol–water partition coefficient (Wildman–Crippen LogP) is 4.54. The summed E-state index contributed by atoms with van der Waals surface area (Å²) in [6, 6.07) is 10.5. The molecule has 2 aromatic rings. The fourth-order valence-corrected chi connectivity index (χ4v) is 2.07. The van der Waals surface area contributed by atoms with Gasteiger partial charge in [-0.3, -0.25) is 0 Å². The molecule has 0 saturated heterocycles. The van der Waals surface area contributed by atoms with Crippen LogP contribution in [-0.2, 0) is 0 Å². The fraction of sp³-hybridized carbons (Fsp3) is 0.375. The number of hydrogen-bond donors (Lipinski definition) is 1. The summed E-state index contributed by atoms with van der Waals surface area (Å²) in [4.78, 5) is 0. The SMILES string of the molecule is CCCNC(CC)c1ccc(-c2ccc(F)cc2)o1. The standard InChI is InChI=1S/C16H20FNO/c1-3-11-18-14(4-2)16-10-9-15(19-16)12-5-7-13(17)8-6-12/h5-10,14,18H,3-4,11H2,1-2H3. The third-order valence-corrected chi connectivity index (χ3v) is 3.15. The zero-order valence-corrected chi connectivity index (χ0v) is 11.4. The maximum absolute atomic E-state index is 12.9. The molecule has 1 unspecified atom stereocenters. The average molecular weight is 261 g/mol. The van der Waals surface area contributed by atoms with Crippen molar-refractivity contribution in [2.24, 2.45) is 0 Å². The van der Waals surface area contributed by atoms with Crippen molar-refractivity contribution in [3.8, 4) is 11.3 Å². The molecule has 2 rings (SSSR count). The second-order valence-corrected chi connectivity index (χ2v) is 4.62. The molecule has 1 atom stereocenters. The Bertz CT molecular complexity index is 504. The van der Waals surface area contributed by atoms with Crippen LogP contribution >= 0.6 is 0 Å². The van der Waals surface area contributed by atoms with Gasteiger partial charge in [0.05, 0.1) is 6.04 Å². The lowest BCUT2D eigenvalue weighted by Crippen LogP contribution is -2.20. The van der Waals surface area contributed by atoms with E-state index in [0.29, 0.717) is 0 Å². The van der Waals surface area contributed by atoms with Crippen LogP contribution in [0, 0.1) is 5.82 Å². The Morgan fingerprint density at radius 2 is 1.84 bits per heavy atom. The van der Waals surface area contributed by atoms with E-state index in [1.807, 2.05) is 12.1 Å². The van der Waals surface area contributed by atoms with Gasteiger partial charge in [0.15, 0.2) is 0 Å². The summed E-state index contributed by atoms with van der Waals surface area (Å²) in [5, 5.41) is 3.46. The van der Waals surface area contributed by atoms with Crippen molar-refractivity contribution in [2.75, 3.05) is 6.54 Å². The van der Waals surface area contributed by atoms with Gasteiger partial charge in [-0.05, 0) is 55.8 Å². The van der Waals surface area contributed by atoms with Crippen LogP contribution in [0.5, 0.6) is 0 Å². The van der Waals surface area contributed by atoms with E-state index in [1.165, 1.54) is 12.1 Å². The highest BCUT2D eigenvalue weighted by Gasteiger charge is 2.13. The monoisotopic (exact) mass is 261 g/mol. The normalized spacial score (nSPS) is 12.6. The van der Waals surface area contributed by atoms with E-state index in [9.17, 15) is 4.39 Å². The van der Waals surface area contributed by atoms with E-state index in [-0.39, 0.29) is 11.9 Å². The lowest BCUT2D eigenvalue weighted by molar-refractivity contribution is 0.411. The molecule has 1 N–H and O–H groups in total. The van der Waals surface area contributed by atoms with Gasteiger partial charge in [0, 0.05) is 5.56 Å². The summed E-state index contributed by atoms with van der Waals surface area (Å²) < 4.78 is 18.8. The highest BCUT2D eigenvalue weighted by atomic mass is 19.1. The Morgan fingerprint density at radius 1 is 1.11 bits per heavy atom. The number of halogens is 1. The molecule has 0 aliphatic heterocycles. The minimum absolute atomic E-state index is 0.230. The first-order valence-corrected chi connectivity index (χ1v) is 6.83. The first-order valence-electron chi connectivity index (χ1n) is 6.83. The number of furan rings is 1. The molecule has 0 amide bonds. The van der Waals surface area contributed by atoms with Gasteiger partial charge < -0.3 is 9.73 Å². The van der Waals surface area contributed by atoms with Crippen LogP contribution in [0.2, 0.25) is 0 Å². The quantitative estimate of drug-likeness (QED) is 0.826. The van der Waals surface area contributed by atoms with Crippen molar-refractivity contribution in [1.82, 2.24) is 5.32 Å². The van der Waals surface area contributed by atoms with Crippen LogP contribution in [0.15, 0.2) is 40.8 Å². The molecule has 2 nitrogen and oxygen atoms in total. The number of nitrogens with one attached hydrogen (secondary N) is 1. The zero-order chi connectivity index (χ0) is 13.7. The third-order valence-electron chi connectivity index (χ3n) is 3.15. The summed E-state index contributed by atoms with van der Waals surface area (Å²) in [6.07, 6.45) is 2.08. The molecule has 3 heteroatoms. The molecule has 0 saturated carbocycles. The van der Waals surface area contributed by atoms with Crippen molar-refractivity contribution < 1.29 is 8.81 Å². The Kier molecular flexibility index (Phi) is 4.74. The van der Waals surface area contributed by atoms with Crippen molar-refractivity contribution >= 4 is 0 Å². The molecular formula is C16H20FNO. The lowest BCUT2D eigenvalue weighted by atomic mass is 10.1. The lowest BCUT2D eigenvalue weighted by Gasteiger charge is -2.13. The second-order valence-electron chi connectivity index (χ2n) is 4.62. The first kappa shape index (κ1) is 13.8. The second kappa shape index (κ2) is 6.53. The van der Waals surface area contributed by atoms with Crippen LogP contribution in [0.4, 0.5) is 4.39 Å². The van der Waals surface area contributed by atoms with Gasteiger partial charge in [-0.2, -0.15) is 0 Å². The number of hydrogen-bond acceptors (Lipinski definition) is 2. The Labute approximate surface area is 113 Å². The Morgan fingerprint density at radius 3 is 2.47 bits per heavy atom. The summed E-state index contributed by atoms with van der Waals surface area (Å²) >= 11 is 0. The van der Waals surface area contributed by atoms with E-state index in [2.05, 4.69) is 19.2 Å². The van der Waals surface area contributed by atoms with E-state index in [4.69, 9.17) is 4.42 Å². The summed E-state index contributed by atoms with van der Waals surface area (Å²) in [5.74, 6) is 1.49. The maximum atomic E-state index is 12.9. The molecule has 102 valence electrons. The first-order chi connectivity index (χ1) is 9.24. The maximum Gasteiger partial charge on any atom is 0.134 e. The highest BCUT2D eigenvalue weighted by Crippen LogP contribution is 2.26. The number of rotatable bonds is 6. The van der Waals surface area contributed by atoms with Gasteiger partial charge in [0.2, 0.25) is 0 Å². The molecule has 0 aliphatic rings. The van der Waals surface area contributed by atoms with E-state index >= 15 is 0 Å². The van der Waals surface area contributed by atoms with Crippen LogP contribution in [0.3, 0.4) is 0 Å². The molecule has 0 bridgehead atoms. The van der Waals surface area contributed by atoms with Crippen molar-refractivity contribution in [3.63, 3.8) is 0 Å². The molecule has 1 heterocycles. The molecule has 19 heavy (non-hydrogen) atoms. The molecule has 0 spiro atoms. The van der Waals surface area contributed by atoms with Gasteiger partial charge in [-0.1, -0.05) is 13.8 Å². The van der Waals surface area contributed by atoms with Gasteiger partial charge in [-0.15, -0.1) is 0 Å². The zero-order valence-electron chi connectivity index (χ0n) is 11.4. The molecule has 0 fully saturated rings. The molecule has 1 aromatic carbocycles. The van der Waals surface area contributed by atoms with E-state index < -0.39 is 0 Å². The molecular weight excluding hydrogens is 241 g/mol. The smallest absolute Gasteiger partial charge is 0.134 e. The average Bonchev–Trinajstić information content (AvgIpc) is 2.90. The molecule has 0 radical (unpaired) electrons.